The second kappa shape index (κ2) is 6.67. The van der Waals surface area contributed by atoms with Crippen LogP contribution in [0.2, 0.25) is 0 Å². The molecule has 1 unspecified atom stereocenters. The number of hydrogen-bond donors (Lipinski definition) is 3. The fourth-order valence-corrected chi connectivity index (χ4v) is 3.43. The molecule has 1 aliphatic rings. The van der Waals surface area contributed by atoms with Gasteiger partial charge in [-0.1, -0.05) is 12.1 Å². The Morgan fingerprint density at radius 1 is 1.27 bits per heavy atom. The van der Waals surface area contributed by atoms with Crippen LogP contribution in [-0.4, -0.2) is 37.6 Å². The lowest BCUT2D eigenvalue weighted by molar-refractivity contribution is 0.0945. The second-order valence-electron chi connectivity index (χ2n) is 7.33. The highest BCUT2D eigenvalue weighted by atomic mass is 16.1. The Labute approximate surface area is 171 Å². The smallest absolute Gasteiger partial charge is 0.269 e. The Morgan fingerprint density at radius 2 is 2.13 bits per heavy atom. The molecule has 0 radical (unpaired) electrons. The number of amides is 1. The van der Waals surface area contributed by atoms with E-state index in [1.54, 1.807) is 24.5 Å². The van der Waals surface area contributed by atoms with Gasteiger partial charge in [-0.15, -0.1) is 0 Å². The van der Waals surface area contributed by atoms with E-state index in [4.69, 9.17) is 0 Å². The minimum atomic E-state index is -0.636. The number of nitrogens with one attached hydrogen (secondary N) is 3. The molecule has 0 saturated heterocycles. The van der Waals surface area contributed by atoms with E-state index in [1.165, 1.54) is 0 Å². The first-order chi connectivity index (χ1) is 14.6. The molecule has 1 aliphatic carbocycles. The maximum Gasteiger partial charge on any atom is 0.269 e. The zero-order valence-electron chi connectivity index (χ0n) is 16.1. The summed E-state index contributed by atoms with van der Waals surface area (Å²) in [4.78, 5) is 24.8. The van der Waals surface area contributed by atoms with E-state index < -0.39 is 5.41 Å². The second-order valence-corrected chi connectivity index (χ2v) is 7.33. The van der Waals surface area contributed by atoms with Gasteiger partial charge in [-0.2, -0.15) is 10.4 Å². The van der Waals surface area contributed by atoms with E-state index in [0.717, 1.165) is 33.4 Å². The van der Waals surface area contributed by atoms with Gasteiger partial charge < -0.3 is 10.3 Å². The maximum atomic E-state index is 12.5. The topological polar surface area (TPSA) is 123 Å². The van der Waals surface area contributed by atoms with Gasteiger partial charge in [0.25, 0.3) is 5.91 Å². The summed E-state index contributed by atoms with van der Waals surface area (Å²) in [5.74, 6) is -0.308. The van der Waals surface area contributed by atoms with Crippen molar-refractivity contribution in [1.82, 2.24) is 30.5 Å². The average molecular weight is 395 g/mol. The van der Waals surface area contributed by atoms with Crippen molar-refractivity contribution in [2.45, 2.75) is 6.92 Å². The van der Waals surface area contributed by atoms with Crippen molar-refractivity contribution < 1.29 is 4.79 Å². The van der Waals surface area contributed by atoms with E-state index in [0.29, 0.717) is 11.4 Å². The number of nitriles is 1. The van der Waals surface area contributed by atoms with Crippen LogP contribution in [0, 0.1) is 16.7 Å². The molecule has 4 heterocycles. The number of nitrogens with zero attached hydrogens (tertiary/aromatic N) is 4. The van der Waals surface area contributed by atoms with Gasteiger partial charge in [0.1, 0.15) is 16.8 Å². The highest BCUT2D eigenvalue weighted by Crippen LogP contribution is 2.42. The van der Waals surface area contributed by atoms with Crippen LogP contribution >= 0.6 is 0 Å². The Balaban J connectivity index is 1.39. The number of pyridine rings is 2. The van der Waals surface area contributed by atoms with Gasteiger partial charge >= 0.3 is 0 Å². The fourth-order valence-electron chi connectivity index (χ4n) is 3.43. The van der Waals surface area contributed by atoms with Crippen LogP contribution in [0.5, 0.6) is 0 Å². The molecule has 0 bridgehead atoms. The molecule has 146 valence electrons. The third kappa shape index (κ3) is 3.02. The summed E-state index contributed by atoms with van der Waals surface area (Å²) < 4.78 is 0. The molecule has 4 aromatic rings. The summed E-state index contributed by atoms with van der Waals surface area (Å²) in [5.41, 5.74) is 4.73. The van der Waals surface area contributed by atoms with Gasteiger partial charge in [0.2, 0.25) is 0 Å². The molecule has 0 fully saturated rings. The molecular formula is C22H17N7O. The molecule has 3 N–H and O–H groups in total. The number of rotatable bonds is 5. The standard InChI is InChI=1S/C22H17N7O/c1-13-7-22(13,11-23)12-25-21(30)18-4-2-3-17(28-18)15-5-14-6-19(16-9-26-27-10-16)29-20(14)24-8-15/h2-10H,12H2,1H3,(H,24,29)(H,25,30)(H,26,27). The summed E-state index contributed by atoms with van der Waals surface area (Å²) in [7, 11) is 0. The Bertz CT molecular complexity index is 1340. The third-order valence-electron chi connectivity index (χ3n) is 5.37. The van der Waals surface area contributed by atoms with Gasteiger partial charge in [0, 0.05) is 35.5 Å². The lowest BCUT2D eigenvalue weighted by Crippen LogP contribution is -2.31. The summed E-state index contributed by atoms with van der Waals surface area (Å²) >= 11 is 0. The molecule has 5 rings (SSSR count). The van der Waals surface area contributed by atoms with E-state index in [2.05, 4.69) is 36.5 Å². The minimum Gasteiger partial charge on any atom is -0.348 e. The molecule has 30 heavy (non-hydrogen) atoms. The summed E-state index contributed by atoms with van der Waals surface area (Å²) in [6.45, 7) is 2.14. The highest BCUT2D eigenvalue weighted by molar-refractivity contribution is 5.93. The molecule has 0 aromatic carbocycles. The molecule has 8 nitrogen and oxygen atoms in total. The van der Waals surface area contributed by atoms with Gasteiger partial charge in [-0.3, -0.25) is 9.89 Å². The SMILES string of the molecule is CC1=CC1(C#N)CNC(=O)c1cccc(-c2cnc3[nH]c(-c4cn[nH]c4)cc3c2)n1. The van der Waals surface area contributed by atoms with Crippen molar-refractivity contribution in [2.24, 2.45) is 5.41 Å². The fraction of sp³-hybridized carbons (Fsp3) is 0.136. The lowest BCUT2D eigenvalue weighted by atomic mass is 10.0. The van der Waals surface area contributed by atoms with Crippen molar-refractivity contribution in [3.05, 3.63) is 66.3 Å². The monoisotopic (exact) mass is 395 g/mol. The Kier molecular flexibility index (Phi) is 3.96. The predicted molar refractivity (Wildman–Crippen MR) is 111 cm³/mol. The van der Waals surface area contributed by atoms with Crippen LogP contribution in [0.3, 0.4) is 0 Å². The number of aromatic nitrogens is 5. The molecule has 1 amide bonds. The number of carbonyl (C=O) groups is 1. The van der Waals surface area contributed by atoms with Gasteiger partial charge in [0.05, 0.1) is 23.7 Å². The first-order valence-electron chi connectivity index (χ1n) is 9.43. The zero-order valence-corrected chi connectivity index (χ0v) is 16.1. The van der Waals surface area contributed by atoms with Crippen molar-refractivity contribution in [3.8, 4) is 28.6 Å². The zero-order chi connectivity index (χ0) is 20.7. The number of carbonyl (C=O) groups excluding carboxylic acids is 1. The quantitative estimate of drug-likeness (QED) is 0.448. The van der Waals surface area contributed by atoms with Crippen LogP contribution in [0.1, 0.15) is 17.4 Å². The van der Waals surface area contributed by atoms with Crippen LogP contribution in [-0.2, 0) is 0 Å². The van der Waals surface area contributed by atoms with Crippen LogP contribution in [0.15, 0.2) is 60.6 Å². The largest absolute Gasteiger partial charge is 0.348 e. The molecule has 0 saturated carbocycles. The Hall–Kier alpha value is -4.25. The number of hydrogen-bond acceptors (Lipinski definition) is 5. The molecule has 4 aromatic heterocycles. The average Bonchev–Trinajstić information content (AvgIpc) is 3.15. The first kappa shape index (κ1) is 17.8. The van der Waals surface area contributed by atoms with E-state index in [-0.39, 0.29) is 12.5 Å². The summed E-state index contributed by atoms with van der Waals surface area (Å²) in [6, 6.07) is 11.5. The summed E-state index contributed by atoms with van der Waals surface area (Å²) in [6.07, 6.45) is 7.13. The predicted octanol–water partition coefficient (Wildman–Crippen LogP) is 3.21. The molecule has 1 atom stereocenters. The van der Waals surface area contributed by atoms with Crippen molar-refractivity contribution in [3.63, 3.8) is 0 Å². The van der Waals surface area contributed by atoms with Crippen LogP contribution < -0.4 is 5.32 Å². The molecule has 8 heteroatoms. The minimum absolute atomic E-state index is 0.258. The molecule has 0 spiro atoms. The normalized spacial score (nSPS) is 17.4. The lowest BCUT2D eigenvalue weighted by Gasteiger charge is -2.10. The van der Waals surface area contributed by atoms with E-state index in [9.17, 15) is 10.1 Å². The Morgan fingerprint density at radius 3 is 2.87 bits per heavy atom. The van der Waals surface area contributed by atoms with E-state index >= 15 is 0 Å². The number of aromatic amines is 2. The van der Waals surface area contributed by atoms with E-state index in [1.807, 2.05) is 37.4 Å². The molecular weight excluding hydrogens is 378 g/mol. The van der Waals surface area contributed by atoms with Crippen molar-refractivity contribution >= 4 is 16.9 Å². The van der Waals surface area contributed by atoms with Crippen LogP contribution in [0.25, 0.3) is 33.5 Å². The van der Waals surface area contributed by atoms with Gasteiger partial charge in [-0.25, -0.2) is 9.97 Å². The van der Waals surface area contributed by atoms with Gasteiger partial charge in [0.15, 0.2) is 0 Å². The molecule has 0 aliphatic heterocycles. The third-order valence-corrected chi connectivity index (χ3v) is 5.37. The number of fused-ring (bicyclic) bond motifs is 1. The highest BCUT2D eigenvalue weighted by Gasteiger charge is 2.41. The van der Waals surface area contributed by atoms with Crippen molar-refractivity contribution in [1.29, 1.82) is 5.26 Å². The van der Waals surface area contributed by atoms with Gasteiger partial charge in [-0.05, 0) is 36.8 Å². The van der Waals surface area contributed by atoms with Crippen LogP contribution in [0.4, 0.5) is 0 Å². The number of H-pyrrole nitrogens is 2. The maximum absolute atomic E-state index is 12.5. The first-order valence-corrected chi connectivity index (χ1v) is 9.43. The van der Waals surface area contributed by atoms with Crippen molar-refractivity contribution in [2.75, 3.05) is 6.54 Å². The summed E-state index contributed by atoms with van der Waals surface area (Å²) in [5, 5.41) is 19.8.